The summed E-state index contributed by atoms with van der Waals surface area (Å²) in [5.41, 5.74) is 0. The van der Waals surface area contributed by atoms with Crippen molar-refractivity contribution in [1.82, 2.24) is 0 Å². The molecule has 4 nitrogen and oxygen atoms in total. The van der Waals surface area contributed by atoms with E-state index in [0.29, 0.717) is 19.3 Å². The van der Waals surface area contributed by atoms with Crippen LogP contribution in [0.4, 0.5) is 0 Å². The summed E-state index contributed by atoms with van der Waals surface area (Å²) in [6, 6.07) is 0. The first-order valence-electron chi connectivity index (χ1n) is 3.72. The Kier molecular flexibility index (Phi) is 2.97. The Morgan fingerprint density at radius 3 is 1.83 bits per heavy atom. The van der Waals surface area contributed by atoms with E-state index in [-0.39, 0.29) is 0 Å². The Balaban J connectivity index is 2.51. The van der Waals surface area contributed by atoms with E-state index in [2.05, 4.69) is 0 Å². The third kappa shape index (κ3) is 2.14. The topological polar surface area (TPSA) is 74.6 Å². The van der Waals surface area contributed by atoms with Crippen molar-refractivity contribution in [3.05, 3.63) is 0 Å². The number of carboxylic acids is 2. The van der Waals surface area contributed by atoms with Gasteiger partial charge in [0.1, 0.15) is 10.5 Å². The molecule has 68 valence electrons. The van der Waals surface area contributed by atoms with Gasteiger partial charge in [-0.2, -0.15) is 0 Å². The number of thioether (sulfide) groups is 1. The van der Waals surface area contributed by atoms with E-state index in [4.69, 9.17) is 10.2 Å². The number of carboxylic acid groups (broad SMARTS) is 2. The molecule has 1 aliphatic heterocycles. The molecule has 12 heavy (non-hydrogen) atoms. The zero-order valence-corrected chi connectivity index (χ0v) is 7.21. The summed E-state index contributed by atoms with van der Waals surface area (Å²) in [6.07, 6.45) is 1.87. The van der Waals surface area contributed by atoms with E-state index >= 15 is 0 Å². The lowest BCUT2D eigenvalue weighted by Crippen LogP contribution is -2.29. The molecule has 0 aromatic carbocycles. The smallest absolute Gasteiger partial charge is 0.316 e. The first-order valence-corrected chi connectivity index (χ1v) is 4.66. The molecule has 1 aliphatic rings. The fourth-order valence-corrected chi connectivity index (χ4v) is 2.42. The zero-order chi connectivity index (χ0) is 9.14. The summed E-state index contributed by atoms with van der Waals surface area (Å²) < 4.78 is 0. The molecule has 2 atom stereocenters. The van der Waals surface area contributed by atoms with Crippen LogP contribution in [0.15, 0.2) is 0 Å². The lowest BCUT2D eigenvalue weighted by molar-refractivity contribution is -0.136. The van der Waals surface area contributed by atoms with Crippen LogP contribution in [-0.4, -0.2) is 32.7 Å². The molecule has 0 bridgehead atoms. The minimum Gasteiger partial charge on any atom is -0.480 e. The molecule has 0 saturated carbocycles. The SMILES string of the molecule is O=C(O)C1CCCC(C(=O)O)S1. The van der Waals surface area contributed by atoms with Crippen molar-refractivity contribution in [3.63, 3.8) is 0 Å². The minimum absolute atomic E-state index is 0.528. The lowest BCUT2D eigenvalue weighted by atomic mass is 10.1. The standard InChI is InChI=1S/C7H10O4S/c8-6(9)4-2-1-3-5(12-4)7(10)11/h4-5H,1-3H2,(H,8,9)(H,10,11). The molecular weight excluding hydrogens is 180 g/mol. The molecule has 0 radical (unpaired) electrons. The normalized spacial score (nSPS) is 29.7. The molecule has 1 fully saturated rings. The maximum absolute atomic E-state index is 10.5. The van der Waals surface area contributed by atoms with Gasteiger partial charge in [-0.05, 0) is 12.8 Å². The first kappa shape index (κ1) is 9.38. The molecule has 2 unspecified atom stereocenters. The van der Waals surface area contributed by atoms with Gasteiger partial charge in [0.25, 0.3) is 0 Å². The van der Waals surface area contributed by atoms with E-state index in [1.54, 1.807) is 0 Å². The Bertz CT molecular complexity index is 184. The maximum Gasteiger partial charge on any atom is 0.316 e. The van der Waals surface area contributed by atoms with Crippen molar-refractivity contribution >= 4 is 23.7 Å². The van der Waals surface area contributed by atoms with Crippen molar-refractivity contribution < 1.29 is 19.8 Å². The molecule has 1 heterocycles. The summed E-state index contributed by atoms with van der Waals surface area (Å²) in [5.74, 6) is -1.79. The van der Waals surface area contributed by atoms with Crippen LogP contribution in [0.25, 0.3) is 0 Å². The average Bonchev–Trinajstić information content (AvgIpc) is 2.04. The molecule has 0 aliphatic carbocycles. The van der Waals surface area contributed by atoms with Gasteiger partial charge in [-0.1, -0.05) is 6.42 Å². The Morgan fingerprint density at radius 1 is 1.08 bits per heavy atom. The molecule has 0 amide bonds. The molecule has 2 N–H and O–H groups in total. The first-order chi connectivity index (χ1) is 5.61. The second kappa shape index (κ2) is 3.80. The Morgan fingerprint density at radius 2 is 1.50 bits per heavy atom. The maximum atomic E-state index is 10.5. The molecule has 1 saturated heterocycles. The van der Waals surface area contributed by atoms with Gasteiger partial charge < -0.3 is 10.2 Å². The zero-order valence-electron chi connectivity index (χ0n) is 6.40. The summed E-state index contributed by atoms with van der Waals surface area (Å²) in [6.45, 7) is 0. The summed E-state index contributed by atoms with van der Waals surface area (Å²) >= 11 is 1.05. The summed E-state index contributed by atoms with van der Waals surface area (Å²) in [5, 5.41) is 16.2. The van der Waals surface area contributed by atoms with Crippen molar-refractivity contribution in [2.75, 3.05) is 0 Å². The summed E-state index contributed by atoms with van der Waals surface area (Å²) in [7, 11) is 0. The number of aliphatic carboxylic acids is 2. The summed E-state index contributed by atoms with van der Waals surface area (Å²) in [4.78, 5) is 21.0. The van der Waals surface area contributed by atoms with Gasteiger partial charge in [-0.25, -0.2) is 0 Å². The van der Waals surface area contributed by atoms with Gasteiger partial charge in [0.15, 0.2) is 0 Å². The number of carbonyl (C=O) groups is 2. The quantitative estimate of drug-likeness (QED) is 0.674. The molecular formula is C7H10O4S. The van der Waals surface area contributed by atoms with E-state index in [1.807, 2.05) is 0 Å². The predicted molar refractivity (Wildman–Crippen MR) is 44.3 cm³/mol. The fourth-order valence-electron chi connectivity index (χ4n) is 1.19. The van der Waals surface area contributed by atoms with Crippen molar-refractivity contribution in [3.8, 4) is 0 Å². The van der Waals surface area contributed by atoms with Gasteiger partial charge >= 0.3 is 11.9 Å². The van der Waals surface area contributed by atoms with Crippen molar-refractivity contribution in [2.45, 2.75) is 29.8 Å². The van der Waals surface area contributed by atoms with Crippen LogP contribution in [-0.2, 0) is 9.59 Å². The van der Waals surface area contributed by atoms with Crippen LogP contribution < -0.4 is 0 Å². The highest BCUT2D eigenvalue weighted by molar-refractivity contribution is 8.01. The lowest BCUT2D eigenvalue weighted by Gasteiger charge is -2.22. The average molecular weight is 190 g/mol. The number of rotatable bonds is 2. The Hall–Kier alpha value is -0.710. The van der Waals surface area contributed by atoms with E-state index in [9.17, 15) is 9.59 Å². The van der Waals surface area contributed by atoms with Crippen molar-refractivity contribution in [2.24, 2.45) is 0 Å². The van der Waals surface area contributed by atoms with Crippen LogP contribution in [0.5, 0.6) is 0 Å². The van der Waals surface area contributed by atoms with Crippen LogP contribution in [0.3, 0.4) is 0 Å². The number of hydrogen-bond donors (Lipinski definition) is 2. The highest BCUT2D eigenvalue weighted by Gasteiger charge is 2.31. The molecule has 0 aromatic heterocycles. The third-order valence-electron chi connectivity index (χ3n) is 1.81. The molecule has 1 rings (SSSR count). The molecule has 0 spiro atoms. The highest BCUT2D eigenvalue weighted by atomic mass is 32.2. The van der Waals surface area contributed by atoms with E-state index in [0.717, 1.165) is 11.8 Å². The van der Waals surface area contributed by atoms with Crippen LogP contribution in [0, 0.1) is 0 Å². The van der Waals surface area contributed by atoms with Crippen molar-refractivity contribution in [1.29, 1.82) is 0 Å². The second-order valence-corrected chi connectivity index (χ2v) is 4.13. The van der Waals surface area contributed by atoms with Crippen LogP contribution >= 0.6 is 11.8 Å². The fraction of sp³-hybridized carbons (Fsp3) is 0.714. The van der Waals surface area contributed by atoms with Gasteiger partial charge in [0, 0.05) is 0 Å². The largest absolute Gasteiger partial charge is 0.480 e. The van der Waals surface area contributed by atoms with Gasteiger partial charge in [-0.15, -0.1) is 11.8 Å². The van der Waals surface area contributed by atoms with Crippen LogP contribution in [0.2, 0.25) is 0 Å². The van der Waals surface area contributed by atoms with Gasteiger partial charge in [0.2, 0.25) is 0 Å². The van der Waals surface area contributed by atoms with E-state index in [1.165, 1.54) is 0 Å². The van der Waals surface area contributed by atoms with Gasteiger partial charge in [-0.3, -0.25) is 9.59 Å². The number of hydrogen-bond acceptors (Lipinski definition) is 3. The molecule has 0 aromatic rings. The third-order valence-corrected chi connectivity index (χ3v) is 3.34. The predicted octanol–water partition coefficient (Wildman–Crippen LogP) is 0.810. The second-order valence-electron chi connectivity index (χ2n) is 2.72. The monoisotopic (exact) mass is 190 g/mol. The minimum atomic E-state index is -0.897. The van der Waals surface area contributed by atoms with Gasteiger partial charge in [0.05, 0.1) is 0 Å². The van der Waals surface area contributed by atoms with E-state index < -0.39 is 22.4 Å². The Labute approximate surface area is 74.0 Å². The molecule has 5 heteroatoms. The highest BCUT2D eigenvalue weighted by Crippen LogP contribution is 2.31. The van der Waals surface area contributed by atoms with Crippen LogP contribution in [0.1, 0.15) is 19.3 Å².